The highest BCUT2D eigenvalue weighted by Gasteiger charge is 2.19. The second-order valence-corrected chi connectivity index (χ2v) is 6.76. The molecule has 6 nitrogen and oxygen atoms in total. The Morgan fingerprint density at radius 1 is 1.03 bits per heavy atom. The van der Waals surface area contributed by atoms with Crippen LogP contribution in [0.2, 0.25) is 0 Å². The van der Waals surface area contributed by atoms with E-state index in [2.05, 4.69) is 4.90 Å². The van der Waals surface area contributed by atoms with Gasteiger partial charge in [0.15, 0.2) is 0 Å². The fourth-order valence-electron chi connectivity index (χ4n) is 3.17. The highest BCUT2D eigenvalue weighted by atomic mass is 19.1. The van der Waals surface area contributed by atoms with E-state index < -0.39 is 4.92 Å². The van der Waals surface area contributed by atoms with Crippen molar-refractivity contribution >= 4 is 17.7 Å². The van der Waals surface area contributed by atoms with Crippen LogP contribution < -0.4 is 0 Å². The molecule has 2 aromatic rings. The smallest absolute Gasteiger partial charge is 0.276 e. The number of amides is 1. The summed E-state index contributed by atoms with van der Waals surface area (Å²) in [5, 5.41) is 11.0. The molecule has 1 fully saturated rings. The SMILES string of the molecule is O=C(/C=C/C=C/c1ccccc1[N+](=O)[O-])N1CCN(Cc2ccc(F)cc2)CC1. The number of hydrogen-bond acceptors (Lipinski definition) is 4. The van der Waals surface area contributed by atoms with Crippen LogP contribution in [-0.2, 0) is 11.3 Å². The van der Waals surface area contributed by atoms with Gasteiger partial charge in [-0.2, -0.15) is 0 Å². The van der Waals surface area contributed by atoms with Gasteiger partial charge in [-0.05, 0) is 29.8 Å². The molecule has 0 bridgehead atoms. The summed E-state index contributed by atoms with van der Waals surface area (Å²) in [6.45, 7) is 3.49. The molecule has 150 valence electrons. The van der Waals surface area contributed by atoms with Crippen LogP contribution in [0.15, 0.2) is 66.8 Å². The quantitative estimate of drug-likeness (QED) is 0.324. The minimum absolute atomic E-state index is 0.0285. The van der Waals surface area contributed by atoms with Crippen molar-refractivity contribution in [1.29, 1.82) is 0 Å². The summed E-state index contributed by atoms with van der Waals surface area (Å²) in [5.74, 6) is -0.328. The third kappa shape index (κ3) is 5.83. The summed E-state index contributed by atoms with van der Waals surface area (Å²) in [7, 11) is 0. The standard InChI is InChI=1S/C22H22FN3O3/c23-20-11-9-18(10-12-20)17-24-13-15-25(16-14-24)22(27)8-4-2-6-19-5-1-3-7-21(19)26(28)29/h1-12H,13-17H2/b6-2+,8-4+. The molecule has 3 rings (SSSR count). The first-order valence-electron chi connectivity index (χ1n) is 9.37. The molecule has 0 N–H and O–H groups in total. The highest BCUT2D eigenvalue weighted by Crippen LogP contribution is 2.19. The van der Waals surface area contributed by atoms with Crippen LogP contribution in [0.25, 0.3) is 6.08 Å². The summed E-state index contributed by atoms with van der Waals surface area (Å²) in [4.78, 5) is 26.9. The highest BCUT2D eigenvalue weighted by molar-refractivity contribution is 5.88. The zero-order valence-electron chi connectivity index (χ0n) is 15.9. The third-order valence-electron chi connectivity index (χ3n) is 4.76. The average Bonchev–Trinajstić information content (AvgIpc) is 2.73. The van der Waals surface area contributed by atoms with E-state index in [4.69, 9.17) is 0 Å². The van der Waals surface area contributed by atoms with E-state index in [0.717, 1.165) is 25.2 Å². The minimum Gasteiger partial charge on any atom is -0.337 e. The molecule has 2 aromatic carbocycles. The molecule has 0 aromatic heterocycles. The zero-order valence-corrected chi connectivity index (χ0v) is 15.9. The number of allylic oxidation sites excluding steroid dienone is 2. The van der Waals surface area contributed by atoms with Gasteiger partial charge >= 0.3 is 0 Å². The molecule has 1 amide bonds. The lowest BCUT2D eigenvalue weighted by atomic mass is 10.1. The number of carbonyl (C=O) groups excluding carboxylic acids is 1. The van der Waals surface area contributed by atoms with Crippen LogP contribution in [-0.4, -0.2) is 46.8 Å². The number of rotatable bonds is 6. The van der Waals surface area contributed by atoms with Gasteiger partial charge in [-0.3, -0.25) is 19.8 Å². The van der Waals surface area contributed by atoms with E-state index in [9.17, 15) is 19.3 Å². The molecular formula is C22H22FN3O3. The van der Waals surface area contributed by atoms with Gasteiger partial charge < -0.3 is 4.90 Å². The van der Waals surface area contributed by atoms with Crippen LogP contribution in [0.4, 0.5) is 10.1 Å². The second kappa shape index (κ2) is 9.75. The first-order chi connectivity index (χ1) is 14.0. The summed E-state index contributed by atoms with van der Waals surface area (Å²) in [5.41, 5.74) is 1.57. The molecule has 1 aliphatic heterocycles. The van der Waals surface area contributed by atoms with Gasteiger partial charge in [0, 0.05) is 44.9 Å². The summed E-state index contributed by atoms with van der Waals surface area (Å²) in [6, 6.07) is 12.9. The van der Waals surface area contributed by atoms with Crippen molar-refractivity contribution < 1.29 is 14.1 Å². The molecule has 0 radical (unpaired) electrons. The fourth-order valence-corrected chi connectivity index (χ4v) is 3.17. The Bertz CT molecular complexity index is 917. The first-order valence-corrected chi connectivity index (χ1v) is 9.37. The van der Waals surface area contributed by atoms with Gasteiger partial charge in [0.25, 0.3) is 5.69 Å². The molecule has 1 aliphatic rings. The summed E-state index contributed by atoms with van der Waals surface area (Å²) < 4.78 is 13.0. The number of nitrogens with zero attached hydrogens (tertiary/aromatic N) is 3. The van der Waals surface area contributed by atoms with Crippen LogP contribution in [0.5, 0.6) is 0 Å². The van der Waals surface area contributed by atoms with Crippen molar-refractivity contribution in [2.75, 3.05) is 26.2 Å². The van der Waals surface area contributed by atoms with Crippen molar-refractivity contribution in [2.45, 2.75) is 6.54 Å². The molecule has 1 heterocycles. The van der Waals surface area contributed by atoms with E-state index >= 15 is 0 Å². The summed E-state index contributed by atoms with van der Waals surface area (Å²) in [6.07, 6.45) is 6.32. The zero-order chi connectivity index (χ0) is 20.6. The molecule has 1 saturated heterocycles. The number of halogens is 1. The van der Waals surface area contributed by atoms with Crippen LogP contribution in [0, 0.1) is 15.9 Å². The molecular weight excluding hydrogens is 373 g/mol. The molecule has 0 saturated carbocycles. The van der Waals surface area contributed by atoms with Gasteiger partial charge in [0.1, 0.15) is 5.82 Å². The van der Waals surface area contributed by atoms with Crippen LogP contribution >= 0.6 is 0 Å². The van der Waals surface area contributed by atoms with E-state index in [-0.39, 0.29) is 17.4 Å². The number of hydrogen-bond donors (Lipinski definition) is 0. The first kappa shape index (κ1) is 20.4. The fraction of sp³-hybridized carbons (Fsp3) is 0.227. The predicted molar refractivity (Wildman–Crippen MR) is 110 cm³/mol. The Kier molecular flexibility index (Phi) is 6.86. The van der Waals surface area contributed by atoms with Crippen LogP contribution in [0.1, 0.15) is 11.1 Å². The summed E-state index contributed by atoms with van der Waals surface area (Å²) >= 11 is 0. The van der Waals surface area contributed by atoms with E-state index in [0.29, 0.717) is 18.7 Å². The Morgan fingerprint density at radius 2 is 1.72 bits per heavy atom. The van der Waals surface area contributed by atoms with E-state index in [1.807, 2.05) is 0 Å². The molecule has 0 atom stereocenters. The number of para-hydroxylation sites is 1. The van der Waals surface area contributed by atoms with Crippen molar-refractivity contribution in [3.8, 4) is 0 Å². The van der Waals surface area contributed by atoms with Crippen molar-refractivity contribution in [3.63, 3.8) is 0 Å². The number of carbonyl (C=O) groups is 1. The van der Waals surface area contributed by atoms with Crippen molar-refractivity contribution in [3.05, 3.63) is 93.8 Å². The Labute approximate surface area is 168 Å². The number of benzene rings is 2. The lowest BCUT2D eigenvalue weighted by Gasteiger charge is -2.34. The maximum absolute atomic E-state index is 13.0. The van der Waals surface area contributed by atoms with Gasteiger partial charge in [0.05, 0.1) is 10.5 Å². The van der Waals surface area contributed by atoms with Gasteiger partial charge in [-0.25, -0.2) is 4.39 Å². The molecule has 0 unspecified atom stereocenters. The number of nitro benzene ring substituents is 1. The van der Waals surface area contributed by atoms with Crippen molar-refractivity contribution in [2.24, 2.45) is 0 Å². The topological polar surface area (TPSA) is 66.7 Å². The number of nitro groups is 1. The number of piperazine rings is 1. The predicted octanol–water partition coefficient (Wildman–Crippen LogP) is 3.65. The van der Waals surface area contributed by atoms with Crippen LogP contribution in [0.3, 0.4) is 0 Å². The second-order valence-electron chi connectivity index (χ2n) is 6.76. The third-order valence-corrected chi connectivity index (χ3v) is 4.76. The van der Waals surface area contributed by atoms with Gasteiger partial charge in [0.2, 0.25) is 5.91 Å². The van der Waals surface area contributed by atoms with Gasteiger partial charge in [-0.15, -0.1) is 0 Å². The molecule has 0 spiro atoms. The normalized spacial score (nSPS) is 15.3. The lowest BCUT2D eigenvalue weighted by Crippen LogP contribution is -2.47. The lowest BCUT2D eigenvalue weighted by molar-refractivity contribution is -0.385. The maximum Gasteiger partial charge on any atom is 0.276 e. The molecule has 0 aliphatic carbocycles. The average molecular weight is 395 g/mol. The Hall–Kier alpha value is -3.32. The maximum atomic E-state index is 13.0. The monoisotopic (exact) mass is 395 g/mol. The molecule has 7 heteroatoms. The van der Waals surface area contributed by atoms with Crippen molar-refractivity contribution in [1.82, 2.24) is 9.80 Å². The largest absolute Gasteiger partial charge is 0.337 e. The Balaban J connectivity index is 1.48. The Morgan fingerprint density at radius 3 is 2.41 bits per heavy atom. The minimum atomic E-state index is -0.431. The van der Waals surface area contributed by atoms with E-state index in [1.54, 1.807) is 53.5 Å². The van der Waals surface area contributed by atoms with Gasteiger partial charge in [-0.1, -0.05) is 36.4 Å². The van der Waals surface area contributed by atoms with E-state index in [1.165, 1.54) is 24.3 Å². The molecule has 29 heavy (non-hydrogen) atoms.